The van der Waals surface area contributed by atoms with Gasteiger partial charge in [0.05, 0.1) is 11.9 Å². The maximum Gasteiger partial charge on any atom is 0.115 e. The van der Waals surface area contributed by atoms with E-state index in [-0.39, 0.29) is 0 Å². The summed E-state index contributed by atoms with van der Waals surface area (Å²) in [4.78, 5) is 0. The Balaban J connectivity index is 2.04. The lowest BCUT2D eigenvalue weighted by atomic mass is 9.96. The first kappa shape index (κ1) is 11.3. The normalized spacial score (nSPS) is 19.3. The van der Waals surface area contributed by atoms with E-state index >= 15 is 0 Å². The molecule has 0 spiro atoms. The summed E-state index contributed by atoms with van der Waals surface area (Å²) < 4.78 is 1.97. The molecule has 1 aliphatic rings. The van der Waals surface area contributed by atoms with E-state index in [1.54, 1.807) is 12.1 Å². The third-order valence-corrected chi connectivity index (χ3v) is 3.61. The zero-order valence-electron chi connectivity index (χ0n) is 10.4. The highest BCUT2D eigenvalue weighted by molar-refractivity contribution is 5.66. The number of nitrogens with one attached hydrogen (secondary N) is 1. The lowest BCUT2D eigenvalue weighted by Crippen LogP contribution is -2.11. The van der Waals surface area contributed by atoms with Crippen LogP contribution in [0.4, 0.5) is 0 Å². The highest BCUT2D eigenvalue weighted by Gasteiger charge is 2.23. The van der Waals surface area contributed by atoms with Gasteiger partial charge < -0.3 is 10.4 Å². The van der Waals surface area contributed by atoms with E-state index in [4.69, 9.17) is 0 Å². The molecule has 2 N–H and O–H groups in total. The minimum absolute atomic E-state index is 0.298. The van der Waals surface area contributed by atoms with Crippen LogP contribution in [0.3, 0.4) is 0 Å². The predicted octanol–water partition coefficient (Wildman–Crippen LogP) is 1.87. The quantitative estimate of drug-likeness (QED) is 0.846. The smallest absolute Gasteiger partial charge is 0.115 e. The van der Waals surface area contributed by atoms with Gasteiger partial charge in [0, 0.05) is 25.1 Å². The van der Waals surface area contributed by atoms with Crippen LogP contribution in [0.5, 0.6) is 5.75 Å². The minimum Gasteiger partial charge on any atom is -0.508 e. The van der Waals surface area contributed by atoms with Gasteiger partial charge in [0.25, 0.3) is 0 Å². The number of benzene rings is 1. The van der Waals surface area contributed by atoms with Crippen LogP contribution < -0.4 is 5.32 Å². The summed E-state index contributed by atoms with van der Waals surface area (Å²) in [5.41, 5.74) is 3.57. The predicted molar refractivity (Wildman–Crippen MR) is 70.5 cm³/mol. The van der Waals surface area contributed by atoms with Crippen molar-refractivity contribution in [1.82, 2.24) is 15.1 Å². The molecule has 1 aromatic heterocycles. The standard InChI is InChI=1S/C14H17N3O/c1-17-14(11-6-7-15-8-11)13(9-16-17)10-2-4-12(18)5-3-10/h2-5,9,11,15,18H,6-8H2,1H3. The summed E-state index contributed by atoms with van der Waals surface area (Å²) in [7, 11) is 2.00. The second-order valence-electron chi connectivity index (χ2n) is 4.80. The average molecular weight is 243 g/mol. The Kier molecular flexibility index (Phi) is 2.80. The van der Waals surface area contributed by atoms with E-state index in [9.17, 15) is 5.11 Å². The lowest BCUT2D eigenvalue weighted by molar-refractivity contribution is 0.475. The summed E-state index contributed by atoms with van der Waals surface area (Å²) >= 11 is 0. The summed E-state index contributed by atoms with van der Waals surface area (Å²) in [6, 6.07) is 7.33. The van der Waals surface area contributed by atoms with E-state index in [1.165, 1.54) is 11.3 Å². The molecule has 3 rings (SSSR count). The molecule has 0 saturated carbocycles. The van der Waals surface area contributed by atoms with Crippen molar-refractivity contribution in [1.29, 1.82) is 0 Å². The van der Waals surface area contributed by atoms with Gasteiger partial charge in [-0.15, -0.1) is 0 Å². The molecule has 0 bridgehead atoms. The molecule has 0 amide bonds. The van der Waals surface area contributed by atoms with E-state index in [0.29, 0.717) is 11.7 Å². The Bertz CT molecular complexity index is 539. The molecule has 1 atom stereocenters. The number of phenols is 1. The zero-order chi connectivity index (χ0) is 12.5. The van der Waals surface area contributed by atoms with Crippen molar-refractivity contribution < 1.29 is 5.11 Å². The molecule has 4 nitrogen and oxygen atoms in total. The van der Waals surface area contributed by atoms with Crippen LogP contribution in [0, 0.1) is 0 Å². The molecule has 1 saturated heterocycles. The van der Waals surface area contributed by atoms with Crippen LogP contribution in [0.2, 0.25) is 0 Å². The lowest BCUT2D eigenvalue weighted by Gasteiger charge is -2.12. The molecule has 1 aliphatic heterocycles. The minimum atomic E-state index is 0.298. The summed E-state index contributed by atoms with van der Waals surface area (Å²) in [5, 5.41) is 17.1. The summed E-state index contributed by atoms with van der Waals surface area (Å²) in [5.74, 6) is 0.827. The summed E-state index contributed by atoms with van der Waals surface area (Å²) in [6.45, 7) is 2.09. The molecule has 2 heterocycles. The molecule has 2 aromatic rings. The fraction of sp³-hybridized carbons (Fsp3) is 0.357. The molecule has 18 heavy (non-hydrogen) atoms. The van der Waals surface area contributed by atoms with Crippen LogP contribution >= 0.6 is 0 Å². The molecule has 94 valence electrons. The van der Waals surface area contributed by atoms with Crippen molar-refractivity contribution in [3.63, 3.8) is 0 Å². The van der Waals surface area contributed by atoms with Crippen molar-refractivity contribution >= 4 is 0 Å². The van der Waals surface area contributed by atoms with Gasteiger partial charge in [-0.1, -0.05) is 12.1 Å². The van der Waals surface area contributed by atoms with Crippen LogP contribution in [0.15, 0.2) is 30.5 Å². The first-order valence-electron chi connectivity index (χ1n) is 6.27. The maximum absolute atomic E-state index is 9.36. The van der Waals surface area contributed by atoms with Gasteiger partial charge in [0.2, 0.25) is 0 Å². The molecule has 1 aromatic carbocycles. The van der Waals surface area contributed by atoms with Gasteiger partial charge >= 0.3 is 0 Å². The molecular formula is C14H17N3O. The first-order chi connectivity index (χ1) is 8.75. The maximum atomic E-state index is 9.36. The van der Waals surface area contributed by atoms with Gasteiger partial charge in [-0.3, -0.25) is 4.68 Å². The number of aromatic hydroxyl groups is 1. The Labute approximate surface area is 106 Å². The van der Waals surface area contributed by atoms with Gasteiger partial charge in [-0.25, -0.2) is 0 Å². The third-order valence-electron chi connectivity index (χ3n) is 3.61. The van der Waals surface area contributed by atoms with Crippen molar-refractivity contribution in [2.75, 3.05) is 13.1 Å². The van der Waals surface area contributed by atoms with Gasteiger partial charge in [0.1, 0.15) is 5.75 Å². The third kappa shape index (κ3) is 1.88. The van der Waals surface area contributed by atoms with Gasteiger partial charge in [-0.2, -0.15) is 5.10 Å². The second-order valence-corrected chi connectivity index (χ2v) is 4.80. The number of aryl methyl sites for hydroxylation is 1. The molecule has 0 aliphatic carbocycles. The van der Waals surface area contributed by atoms with Crippen LogP contribution in [-0.4, -0.2) is 28.0 Å². The van der Waals surface area contributed by atoms with E-state index in [2.05, 4.69) is 10.4 Å². The van der Waals surface area contributed by atoms with Crippen LogP contribution in [0.25, 0.3) is 11.1 Å². The number of phenolic OH excluding ortho intramolecular Hbond substituents is 1. The van der Waals surface area contributed by atoms with Crippen molar-refractivity contribution in [3.05, 3.63) is 36.2 Å². The Morgan fingerprint density at radius 3 is 2.78 bits per heavy atom. The zero-order valence-corrected chi connectivity index (χ0v) is 10.4. The number of hydrogen-bond acceptors (Lipinski definition) is 3. The monoisotopic (exact) mass is 243 g/mol. The average Bonchev–Trinajstić information content (AvgIpc) is 2.99. The number of aromatic nitrogens is 2. The van der Waals surface area contributed by atoms with E-state index < -0.39 is 0 Å². The Morgan fingerprint density at radius 2 is 2.11 bits per heavy atom. The molecule has 4 heteroatoms. The van der Waals surface area contributed by atoms with Crippen molar-refractivity contribution in [2.45, 2.75) is 12.3 Å². The number of hydrogen-bond donors (Lipinski definition) is 2. The Hall–Kier alpha value is -1.81. The molecule has 0 radical (unpaired) electrons. The van der Waals surface area contributed by atoms with Crippen molar-refractivity contribution in [3.8, 4) is 16.9 Å². The van der Waals surface area contributed by atoms with E-state index in [0.717, 1.165) is 25.1 Å². The fourth-order valence-corrected chi connectivity index (χ4v) is 2.68. The SMILES string of the molecule is Cn1ncc(-c2ccc(O)cc2)c1C1CCNC1. The van der Waals surface area contributed by atoms with Gasteiger partial charge in [-0.05, 0) is 30.7 Å². The fourth-order valence-electron chi connectivity index (χ4n) is 2.68. The Morgan fingerprint density at radius 1 is 1.33 bits per heavy atom. The van der Waals surface area contributed by atoms with Crippen LogP contribution in [0.1, 0.15) is 18.0 Å². The first-order valence-corrected chi connectivity index (χ1v) is 6.27. The van der Waals surface area contributed by atoms with E-state index in [1.807, 2.05) is 30.1 Å². The van der Waals surface area contributed by atoms with Gasteiger partial charge in [0.15, 0.2) is 0 Å². The highest BCUT2D eigenvalue weighted by Crippen LogP contribution is 2.32. The van der Waals surface area contributed by atoms with Crippen LogP contribution in [-0.2, 0) is 7.05 Å². The largest absolute Gasteiger partial charge is 0.508 e. The molecule has 1 unspecified atom stereocenters. The molecular weight excluding hydrogens is 226 g/mol. The molecule has 1 fully saturated rings. The topological polar surface area (TPSA) is 50.1 Å². The second kappa shape index (κ2) is 4.46. The van der Waals surface area contributed by atoms with Crippen molar-refractivity contribution in [2.24, 2.45) is 7.05 Å². The number of rotatable bonds is 2. The highest BCUT2D eigenvalue weighted by atomic mass is 16.3. The summed E-state index contributed by atoms with van der Waals surface area (Å²) in [6.07, 6.45) is 3.07. The number of nitrogens with zero attached hydrogens (tertiary/aromatic N) is 2.